The third-order valence-corrected chi connectivity index (χ3v) is 6.54. The molecule has 0 bridgehead atoms. The van der Waals surface area contributed by atoms with Crippen molar-refractivity contribution < 1.29 is 9.18 Å². The second-order valence-electron chi connectivity index (χ2n) is 9.34. The Hall–Kier alpha value is -3.67. The molecular formula is C30H37FN4O. The van der Waals surface area contributed by atoms with Crippen LogP contribution in [0.2, 0.25) is 0 Å². The Balaban J connectivity index is 0.000000275. The topological polar surface area (TPSA) is 84.7 Å². The van der Waals surface area contributed by atoms with Gasteiger partial charge in [-0.2, -0.15) is 0 Å². The molecule has 36 heavy (non-hydrogen) atoms. The van der Waals surface area contributed by atoms with Crippen LogP contribution in [0.15, 0.2) is 89.9 Å². The van der Waals surface area contributed by atoms with Crippen LogP contribution in [0, 0.1) is 11.7 Å². The van der Waals surface area contributed by atoms with Gasteiger partial charge in [0.15, 0.2) is 5.96 Å². The lowest BCUT2D eigenvalue weighted by molar-refractivity contribution is 0.0790. The first-order valence-electron chi connectivity index (χ1n) is 12.6. The molecule has 0 spiro atoms. The van der Waals surface area contributed by atoms with Crippen molar-refractivity contribution in [3.63, 3.8) is 0 Å². The summed E-state index contributed by atoms with van der Waals surface area (Å²) < 4.78 is 13.4. The van der Waals surface area contributed by atoms with Crippen LogP contribution in [0.3, 0.4) is 0 Å². The fourth-order valence-electron chi connectivity index (χ4n) is 4.58. The van der Waals surface area contributed by atoms with E-state index in [1.54, 1.807) is 24.1 Å². The summed E-state index contributed by atoms with van der Waals surface area (Å²) in [5.41, 5.74) is 13.1. The fraction of sp³-hybridized carbons (Fsp3) is 0.333. The van der Waals surface area contributed by atoms with E-state index in [2.05, 4.69) is 29.3 Å². The van der Waals surface area contributed by atoms with Gasteiger partial charge in [0, 0.05) is 31.6 Å². The van der Waals surface area contributed by atoms with Crippen molar-refractivity contribution in [3.05, 3.63) is 107 Å². The molecule has 0 aromatic heterocycles. The van der Waals surface area contributed by atoms with Crippen LogP contribution in [0.25, 0.3) is 0 Å². The molecule has 5 nitrogen and oxygen atoms in total. The van der Waals surface area contributed by atoms with Gasteiger partial charge in [-0.15, -0.1) is 0 Å². The second kappa shape index (κ2) is 14.0. The van der Waals surface area contributed by atoms with Crippen LogP contribution >= 0.6 is 0 Å². The van der Waals surface area contributed by atoms with E-state index >= 15 is 0 Å². The van der Waals surface area contributed by atoms with Gasteiger partial charge in [0.05, 0.1) is 0 Å². The molecular weight excluding hydrogens is 451 g/mol. The molecule has 6 heteroatoms. The van der Waals surface area contributed by atoms with E-state index in [1.807, 2.05) is 36.4 Å². The SMILES string of the molecule is CN(CC(c1ccccc1)c1ccccc1)C(=O)c1cccc(F)c1.NC(N)=NCC1CCCCC1. The Labute approximate surface area is 214 Å². The molecule has 3 aromatic carbocycles. The highest BCUT2D eigenvalue weighted by Crippen LogP contribution is 2.26. The van der Waals surface area contributed by atoms with E-state index < -0.39 is 5.82 Å². The first-order chi connectivity index (χ1) is 17.4. The molecule has 1 saturated carbocycles. The number of nitrogens with zero attached hydrogens (tertiary/aromatic N) is 2. The van der Waals surface area contributed by atoms with Crippen molar-refractivity contribution in [2.45, 2.75) is 38.0 Å². The lowest BCUT2D eigenvalue weighted by Gasteiger charge is -2.25. The minimum Gasteiger partial charge on any atom is -0.370 e. The fourth-order valence-corrected chi connectivity index (χ4v) is 4.58. The maximum absolute atomic E-state index is 13.4. The predicted molar refractivity (Wildman–Crippen MR) is 145 cm³/mol. The molecule has 0 saturated heterocycles. The lowest BCUT2D eigenvalue weighted by Crippen LogP contribution is -2.31. The number of carbonyl (C=O) groups is 1. The smallest absolute Gasteiger partial charge is 0.253 e. The number of rotatable bonds is 7. The van der Waals surface area contributed by atoms with Gasteiger partial charge in [0.25, 0.3) is 5.91 Å². The summed E-state index contributed by atoms with van der Waals surface area (Å²) >= 11 is 0. The quantitative estimate of drug-likeness (QED) is 0.337. The molecule has 4 N–H and O–H groups in total. The summed E-state index contributed by atoms with van der Waals surface area (Å²) in [6.45, 7) is 1.35. The van der Waals surface area contributed by atoms with Crippen LogP contribution in [-0.4, -0.2) is 36.9 Å². The largest absolute Gasteiger partial charge is 0.370 e. The molecule has 0 atom stereocenters. The zero-order valence-electron chi connectivity index (χ0n) is 21.0. The van der Waals surface area contributed by atoms with Crippen molar-refractivity contribution in [2.75, 3.05) is 20.1 Å². The highest BCUT2D eigenvalue weighted by atomic mass is 19.1. The molecule has 1 amide bonds. The van der Waals surface area contributed by atoms with Gasteiger partial charge in [-0.3, -0.25) is 9.79 Å². The molecule has 1 aliphatic rings. The minimum absolute atomic E-state index is 0.0601. The van der Waals surface area contributed by atoms with Crippen LogP contribution in [-0.2, 0) is 0 Å². The molecule has 1 fully saturated rings. The zero-order chi connectivity index (χ0) is 25.8. The Morgan fingerprint density at radius 3 is 2.03 bits per heavy atom. The number of likely N-dealkylation sites (N-methyl/N-ethyl adjacent to an activating group) is 1. The molecule has 0 unspecified atom stereocenters. The normalized spacial score (nSPS) is 13.4. The maximum Gasteiger partial charge on any atom is 0.253 e. The van der Waals surface area contributed by atoms with Gasteiger partial charge in [0.1, 0.15) is 5.82 Å². The summed E-state index contributed by atoms with van der Waals surface area (Å²) in [6, 6.07) is 26.0. The predicted octanol–water partition coefficient (Wildman–Crippen LogP) is 5.57. The van der Waals surface area contributed by atoms with Crippen LogP contribution < -0.4 is 11.5 Å². The highest BCUT2D eigenvalue weighted by Gasteiger charge is 2.20. The Morgan fingerprint density at radius 1 is 0.917 bits per heavy atom. The summed E-state index contributed by atoms with van der Waals surface area (Å²) in [6.07, 6.45) is 6.70. The maximum atomic E-state index is 13.4. The number of hydrogen-bond donors (Lipinski definition) is 2. The van der Waals surface area contributed by atoms with Gasteiger partial charge in [-0.25, -0.2) is 4.39 Å². The molecule has 190 valence electrons. The van der Waals surface area contributed by atoms with Crippen LogP contribution in [0.5, 0.6) is 0 Å². The van der Waals surface area contributed by atoms with Gasteiger partial charge >= 0.3 is 0 Å². The Kier molecular flexibility index (Phi) is 10.5. The summed E-state index contributed by atoms with van der Waals surface area (Å²) in [7, 11) is 1.76. The van der Waals surface area contributed by atoms with Crippen molar-refractivity contribution in [1.82, 2.24) is 4.90 Å². The van der Waals surface area contributed by atoms with Crippen molar-refractivity contribution in [3.8, 4) is 0 Å². The lowest BCUT2D eigenvalue weighted by atomic mass is 9.89. The van der Waals surface area contributed by atoms with E-state index in [-0.39, 0.29) is 17.8 Å². The van der Waals surface area contributed by atoms with Gasteiger partial charge in [-0.1, -0.05) is 86.0 Å². The Morgan fingerprint density at radius 2 is 1.50 bits per heavy atom. The van der Waals surface area contributed by atoms with E-state index in [1.165, 1.54) is 44.2 Å². The van der Waals surface area contributed by atoms with Crippen molar-refractivity contribution >= 4 is 11.9 Å². The summed E-state index contributed by atoms with van der Waals surface area (Å²) in [5.74, 6) is 0.449. The van der Waals surface area contributed by atoms with Gasteiger partial charge in [0.2, 0.25) is 0 Å². The van der Waals surface area contributed by atoms with E-state index in [0.717, 1.165) is 23.6 Å². The summed E-state index contributed by atoms with van der Waals surface area (Å²) in [5, 5.41) is 0. The molecule has 1 aliphatic carbocycles. The number of carbonyl (C=O) groups excluding carboxylic acids is 1. The van der Waals surface area contributed by atoms with Crippen LogP contribution in [0.4, 0.5) is 4.39 Å². The van der Waals surface area contributed by atoms with Gasteiger partial charge < -0.3 is 16.4 Å². The number of hydrogen-bond acceptors (Lipinski definition) is 2. The van der Waals surface area contributed by atoms with Gasteiger partial charge in [-0.05, 0) is 48.1 Å². The standard InChI is InChI=1S/C22H20FNO.C8H17N3/c1-24(22(25)19-13-8-14-20(23)15-19)16-21(17-9-4-2-5-10-17)18-11-6-3-7-12-18;9-8(10)11-6-7-4-2-1-3-5-7/h2-15,21H,16H2,1H3;7H,1-6H2,(H4,9,10,11). The second-order valence-corrected chi connectivity index (χ2v) is 9.34. The highest BCUT2D eigenvalue weighted by molar-refractivity contribution is 5.94. The monoisotopic (exact) mass is 488 g/mol. The average molecular weight is 489 g/mol. The minimum atomic E-state index is -0.401. The van der Waals surface area contributed by atoms with E-state index in [0.29, 0.717) is 12.1 Å². The van der Waals surface area contributed by atoms with E-state index in [9.17, 15) is 9.18 Å². The third kappa shape index (κ3) is 8.52. The first-order valence-corrected chi connectivity index (χ1v) is 12.6. The number of benzene rings is 3. The molecule has 0 radical (unpaired) electrons. The molecule has 4 rings (SSSR count). The number of nitrogens with two attached hydrogens (primary N) is 2. The molecule has 3 aromatic rings. The summed E-state index contributed by atoms with van der Waals surface area (Å²) in [4.78, 5) is 18.3. The van der Waals surface area contributed by atoms with Crippen molar-refractivity contribution in [2.24, 2.45) is 22.4 Å². The van der Waals surface area contributed by atoms with Crippen LogP contribution in [0.1, 0.15) is 59.5 Å². The van der Waals surface area contributed by atoms with Crippen molar-refractivity contribution in [1.29, 1.82) is 0 Å². The average Bonchev–Trinajstić information content (AvgIpc) is 2.92. The number of guanidine groups is 1. The Bertz CT molecular complexity index is 1050. The number of halogens is 1. The first kappa shape index (κ1) is 26.9. The number of aliphatic imine (C=N–C) groups is 1. The number of amides is 1. The molecule has 0 aliphatic heterocycles. The zero-order valence-corrected chi connectivity index (χ0v) is 21.0. The van der Waals surface area contributed by atoms with E-state index in [4.69, 9.17) is 11.5 Å². The third-order valence-electron chi connectivity index (χ3n) is 6.54. The molecule has 0 heterocycles.